The predicted octanol–water partition coefficient (Wildman–Crippen LogP) is 1.26. The summed E-state index contributed by atoms with van der Waals surface area (Å²) in [4.78, 5) is 38.2. The fourth-order valence-corrected chi connectivity index (χ4v) is 4.97. The third kappa shape index (κ3) is 3.63. The van der Waals surface area contributed by atoms with E-state index in [1.54, 1.807) is 9.58 Å². The van der Waals surface area contributed by atoms with Crippen LogP contribution in [0.15, 0.2) is 24.4 Å². The second kappa shape index (κ2) is 7.88. The number of hydrogen-bond donors (Lipinski definition) is 2. The summed E-state index contributed by atoms with van der Waals surface area (Å²) in [7, 11) is 0. The van der Waals surface area contributed by atoms with Crippen molar-refractivity contribution >= 4 is 17.7 Å². The number of piperidine rings is 1. The Morgan fingerprint density at radius 2 is 1.90 bits per heavy atom. The molecule has 3 heterocycles. The van der Waals surface area contributed by atoms with Gasteiger partial charge in [-0.3, -0.25) is 19.7 Å². The Hall–Kier alpha value is -3.07. The quantitative estimate of drug-likeness (QED) is 0.715. The van der Waals surface area contributed by atoms with E-state index in [9.17, 15) is 14.4 Å². The van der Waals surface area contributed by atoms with Crippen LogP contribution in [0.2, 0.25) is 0 Å². The summed E-state index contributed by atoms with van der Waals surface area (Å²) in [5, 5.41) is 11.0. The van der Waals surface area contributed by atoms with Gasteiger partial charge in [0.25, 0.3) is 5.91 Å². The molecule has 1 aromatic heterocycles. The summed E-state index contributed by atoms with van der Waals surface area (Å²) < 4.78 is 1.71. The van der Waals surface area contributed by atoms with Gasteiger partial charge in [-0.1, -0.05) is 11.3 Å². The number of imide groups is 1. The van der Waals surface area contributed by atoms with Crippen molar-refractivity contribution in [3.8, 4) is 5.69 Å². The Morgan fingerprint density at radius 1 is 1.10 bits per heavy atom. The van der Waals surface area contributed by atoms with E-state index in [0.29, 0.717) is 30.4 Å². The summed E-state index contributed by atoms with van der Waals surface area (Å²) in [5.41, 5.74) is 8.99. The Morgan fingerprint density at radius 3 is 2.65 bits per heavy atom. The van der Waals surface area contributed by atoms with Crippen molar-refractivity contribution in [2.75, 3.05) is 6.54 Å². The van der Waals surface area contributed by atoms with Crippen LogP contribution in [0.1, 0.15) is 66.1 Å². The Kier molecular flexibility index (Phi) is 5.05. The number of aromatic nitrogens is 3. The molecule has 3 aliphatic rings. The zero-order chi connectivity index (χ0) is 21.5. The van der Waals surface area contributed by atoms with E-state index in [1.807, 2.05) is 24.4 Å². The van der Waals surface area contributed by atoms with Crippen molar-refractivity contribution in [2.45, 2.75) is 57.0 Å². The summed E-state index contributed by atoms with van der Waals surface area (Å²) in [5.74, 6) is 0.137. The molecule has 1 aliphatic carbocycles. The van der Waals surface area contributed by atoms with Gasteiger partial charge in [-0.25, -0.2) is 4.68 Å². The lowest BCUT2D eigenvalue weighted by Crippen LogP contribution is -2.52. The monoisotopic (exact) mass is 422 g/mol. The highest BCUT2D eigenvalue weighted by molar-refractivity contribution is 6.05. The number of benzene rings is 1. The van der Waals surface area contributed by atoms with Crippen LogP contribution in [0.25, 0.3) is 5.69 Å². The maximum Gasteiger partial charge on any atom is 0.255 e. The SMILES string of the molecule is NCC1CCC(c2cn(-c3ccc4c(c3)C(=O)N(C3CCC(=O)NC3=O)C4)nn2)CC1. The van der Waals surface area contributed by atoms with Gasteiger partial charge in [-0.05, 0) is 62.3 Å². The first-order valence-corrected chi connectivity index (χ1v) is 10.9. The summed E-state index contributed by atoms with van der Waals surface area (Å²) in [6.45, 7) is 1.12. The van der Waals surface area contributed by atoms with Gasteiger partial charge < -0.3 is 10.6 Å². The lowest BCUT2D eigenvalue weighted by Gasteiger charge is -2.29. The first kappa shape index (κ1) is 19.9. The average Bonchev–Trinajstić information content (AvgIpc) is 3.39. The van der Waals surface area contributed by atoms with Crippen molar-refractivity contribution in [3.63, 3.8) is 0 Å². The van der Waals surface area contributed by atoms with E-state index < -0.39 is 11.9 Å². The van der Waals surface area contributed by atoms with Crippen LogP contribution in [-0.4, -0.2) is 50.2 Å². The van der Waals surface area contributed by atoms with Crippen LogP contribution in [0.3, 0.4) is 0 Å². The molecule has 2 fully saturated rings. The number of nitrogens with one attached hydrogen (secondary N) is 1. The number of fused-ring (bicyclic) bond motifs is 1. The molecule has 0 radical (unpaired) electrons. The van der Waals surface area contributed by atoms with Gasteiger partial charge in [0.15, 0.2) is 0 Å². The van der Waals surface area contributed by atoms with Crippen LogP contribution in [0, 0.1) is 5.92 Å². The largest absolute Gasteiger partial charge is 0.330 e. The molecule has 9 heteroatoms. The van der Waals surface area contributed by atoms with E-state index in [1.165, 1.54) is 0 Å². The molecule has 31 heavy (non-hydrogen) atoms. The summed E-state index contributed by atoms with van der Waals surface area (Å²) in [6.07, 6.45) is 6.95. The van der Waals surface area contributed by atoms with E-state index in [0.717, 1.165) is 49.2 Å². The first-order valence-electron chi connectivity index (χ1n) is 10.9. The number of amides is 3. The minimum absolute atomic E-state index is 0.188. The molecule has 162 valence electrons. The molecule has 0 bridgehead atoms. The fraction of sp³-hybridized carbons (Fsp3) is 0.500. The van der Waals surface area contributed by atoms with Gasteiger partial charge in [0.1, 0.15) is 6.04 Å². The molecular formula is C22H26N6O3. The molecule has 3 amide bonds. The smallest absolute Gasteiger partial charge is 0.255 e. The third-order valence-electron chi connectivity index (χ3n) is 6.89. The zero-order valence-corrected chi connectivity index (χ0v) is 17.3. The minimum Gasteiger partial charge on any atom is -0.330 e. The molecule has 1 aromatic carbocycles. The van der Waals surface area contributed by atoms with E-state index in [4.69, 9.17) is 5.73 Å². The molecule has 0 spiro atoms. The third-order valence-corrected chi connectivity index (χ3v) is 6.89. The maximum absolute atomic E-state index is 13.0. The van der Waals surface area contributed by atoms with Gasteiger partial charge in [0.2, 0.25) is 11.8 Å². The lowest BCUT2D eigenvalue weighted by atomic mass is 9.81. The molecule has 1 saturated heterocycles. The number of nitrogens with zero attached hydrogens (tertiary/aromatic N) is 4. The number of nitrogens with two attached hydrogens (primary N) is 1. The van der Waals surface area contributed by atoms with Crippen LogP contribution in [0.4, 0.5) is 0 Å². The van der Waals surface area contributed by atoms with E-state index >= 15 is 0 Å². The molecule has 3 N–H and O–H groups in total. The van der Waals surface area contributed by atoms with Gasteiger partial charge in [-0.2, -0.15) is 0 Å². The van der Waals surface area contributed by atoms with Crippen molar-refractivity contribution in [1.29, 1.82) is 0 Å². The highest BCUT2D eigenvalue weighted by Crippen LogP contribution is 2.35. The normalized spacial score (nSPS) is 26.2. The number of carbonyl (C=O) groups is 3. The second-order valence-corrected chi connectivity index (χ2v) is 8.78. The molecular weight excluding hydrogens is 396 g/mol. The lowest BCUT2D eigenvalue weighted by molar-refractivity contribution is -0.136. The molecule has 1 unspecified atom stereocenters. The van der Waals surface area contributed by atoms with Crippen molar-refractivity contribution in [1.82, 2.24) is 25.2 Å². The van der Waals surface area contributed by atoms with Crippen molar-refractivity contribution in [3.05, 3.63) is 41.2 Å². The van der Waals surface area contributed by atoms with Crippen molar-refractivity contribution < 1.29 is 14.4 Å². The van der Waals surface area contributed by atoms with Crippen molar-refractivity contribution in [2.24, 2.45) is 11.7 Å². The first-order chi connectivity index (χ1) is 15.0. The van der Waals surface area contributed by atoms with Gasteiger partial charge in [0, 0.05) is 24.4 Å². The second-order valence-electron chi connectivity index (χ2n) is 8.78. The van der Waals surface area contributed by atoms with Crippen LogP contribution >= 0.6 is 0 Å². The van der Waals surface area contributed by atoms with Gasteiger partial charge in [-0.15, -0.1) is 5.10 Å². The average molecular weight is 422 g/mol. The number of carbonyl (C=O) groups excluding carboxylic acids is 3. The highest BCUT2D eigenvalue weighted by Gasteiger charge is 2.39. The summed E-state index contributed by atoms with van der Waals surface area (Å²) in [6, 6.07) is 5.03. The molecule has 9 nitrogen and oxygen atoms in total. The van der Waals surface area contributed by atoms with E-state index in [-0.39, 0.29) is 18.2 Å². The maximum atomic E-state index is 13.0. The summed E-state index contributed by atoms with van der Waals surface area (Å²) >= 11 is 0. The fourth-order valence-electron chi connectivity index (χ4n) is 4.97. The predicted molar refractivity (Wildman–Crippen MR) is 111 cm³/mol. The van der Waals surface area contributed by atoms with Crippen LogP contribution < -0.4 is 11.1 Å². The molecule has 1 atom stereocenters. The molecule has 1 saturated carbocycles. The standard InChI is InChI=1S/C22H26N6O3/c23-10-13-1-3-14(4-2-13)18-12-28(26-25-18)16-6-5-15-11-27(22(31)17(15)9-16)19-7-8-20(29)24-21(19)30/h5-6,9,12-14,19H,1-4,7-8,10-11,23H2,(H,24,29,30). The van der Waals surface area contributed by atoms with Gasteiger partial charge in [0.05, 0.1) is 17.6 Å². The number of rotatable bonds is 4. The van der Waals surface area contributed by atoms with Crippen LogP contribution in [-0.2, 0) is 16.1 Å². The zero-order valence-electron chi connectivity index (χ0n) is 17.3. The Labute approximate surface area is 180 Å². The Bertz CT molecular complexity index is 1040. The van der Waals surface area contributed by atoms with Gasteiger partial charge >= 0.3 is 0 Å². The molecule has 5 rings (SSSR count). The van der Waals surface area contributed by atoms with Crippen LogP contribution in [0.5, 0.6) is 0 Å². The highest BCUT2D eigenvalue weighted by atomic mass is 16.2. The topological polar surface area (TPSA) is 123 Å². The molecule has 2 aromatic rings. The number of hydrogen-bond acceptors (Lipinski definition) is 6. The molecule has 2 aliphatic heterocycles. The Balaban J connectivity index is 1.33. The van der Waals surface area contributed by atoms with E-state index in [2.05, 4.69) is 15.6 Å². The minimum atomic E-state index is -0.609.